The Bertz CT molecular complexity index is 1050. The predicted octanol–water partition coefficient (Wildman–Crippen LogP) is 2.97. The predicted molar refractivity (Wildman–Crippen MR) is 113 cm³/mol. The fourth-order valence-corrected chi connectivity index (χ4v) is 5.52. The molecule has 0 spiro atoms. The van der Waals surface area contributed by atoms with Crippen molar-refractivity contribution in [3.8, 4) is 5.88 Å². The summed E-state index contributed by atoms with van der Waals surface area (Å²) in [5, 5.41) is 10.4. The van der Waals surface area contributed by atoms with E-state index in [0.29, 0.717) is 23.9 Å². The number of fused-ring (bicyclic) bond motifs is 3. The highest BCUT2D eigenvalue weighted by molar-refractivity contribution is 7.75. The van der Waals surface area contributed by atoms with Gasteiger partial charge in [-0.1, -0.05) is 6.07 Å². The lowest BCUT2D eigenvalue weighted by Gasteiger charge is -2.16. The third-order valence-electron chi connectivity index (χ3n) is 6.34. The van der Waals surface area contributed by atoms with Crippen LogP contribution in [0.4, 0.5) is 10.5 Å². The molecule has 2 amide bonds. The van der Waals surface area contributed by atoms with Crippen LogP contribution in [0.3, 0.4) is 0 Å². The topological polar surface area (TPSA) is 97.6 Å². The first kappa shape index (κ1) is 19.6. The van der Waals surface area contributed by atoms with E-state index in [1.807, 2.05) is 7.05 Å². The first-order valence-electron chi connectivity index (χ1n) is 10.6. The van der Waals surface area contributed by atoms with Crippen LogP contribution in [0.25, 0.3) is 0 Å². The number of aryl methyl sites for hydroxylation is 3. The Morgan fingerprint density at radius 3 is 2.67 bits per heavy atom. The van der Waals surface area contributed by atoms with Gasteiger partial charge in [0.15, 0.2) is 5.88 Å². The molecular weight excluding hydrogens is 402 g/mol. The lowest BCUT2D eigenvalue weighted by molar-refractivity contribution is 0.259. The lowest BCUT2D eigenvalue weighted by Crippen LogP contribution is -2.30. The number of benzene rings is 1. The SMILES string of the molecule is CN[C@@H]1CCn2ncc([S-](=O)=NC(=O)Nc3c4c(cc5c3CCC5)CCC4)c2OC1. The quantitative estimate of drug-likeness (QED) is 0.733. The second-order valence-corrected chi connectivity index (χ2v) is 9.25. The van der Waals surface area contributed by atoms with Crippen LogP contribution in [0.5, 0.6) is 5.88 Å². The van der Waals surface area contributed by atoms with Gasteiger partial charge in [0.2, 0.25) is 0 Å². The molecule has 2 N–H and O–H groups in total. The summed E-state index contributed by atoms with van der Waals surface area (Å²) in [6.07, 6.45) is 8.62. The summed E-state index contributed by atoms with van der Waals surface area (Å²) in [5.41, 5.74) is 6.03. The van der Waals surface area contributed by atoms with E-state index in [1.165, 1.54) is 28.5 Å². The number of aromatic nitrogens is 2. The molecule has 0 fully saturated rings. The van der Waals surface area contributed by atoms with E-state index >= 15 is 0 Å². The number of carbonyl (C=O) groups is 1. The van der Waals surface area contributed by atoms with Gasteiger partial charge in [-0.25, -0.2) is 9.48 Å². The van der Waals surface area contributed by atoms with Crippen LogP contribution in [-0.4, -0.2) is 35.5 Å². The summed E-state index contributed by atoms with van der Waals surface area (Å²) >= 11 is 0. The molecule has 1 aromatic heterocycles. The molecule has 2 heterocycles. The van der Waals surface area contributed by atoms with Crippen LogP contribution in [0, 0.1) is 0 Å². The maximum absolute atomic E-state index is 12.8. The highest BCUT2D eigenvalue weighted by atomic mass is 32.2. The number of likely N-dealkylation sites (N-methyl/N-ethyl adjacent to an activating group) is 1. The fourth-order valence-electron chi connectivity index (χ4n) is 4.77. The van der Waals surface area contributed by atoms with Gasteiger partial charge < -0.3 is 23.9 Å². The van der Waals surface area contributed by atoms with Crippen molar-refractivity contribution < 1.29 is 13.7 Å². The molecule has 0 unspecified atom stereocenters. The van der Waals surface area contributed by atoms with Crippen LogP contribution in [0.1, 0.15) is 41.5 Å². The van der Waals surface area contributed by atoms with Gasteiger partial charge >= 0.3 is 6.03 Å². The Kier molecular flexibility index (Phi) is 5.24. The van der Waals surface area contributed by atoms with E-state index in [-0.39, 0.29) is 6.04 Å². The fraction of sp³-hybridized carbons (Fsp3) is 0.524. The number of carbonyl (C=O) groups excluding carboxylic acids is 1. The molecule has 9 heteroatoms. The number of amides is 2. The molecule has 2 aliphatic carbocycles. The summed E-state index contributed by atoms with van der Waals surface area (Å²) in [6.45, 7) is 1.12. The molecule has 1 atom stereocenters. The van der Waals surface area contributed by atoms with Crippen LogP contribution in [-0.2, 0) is 47.0 Å². The van der Waals surface area contributed by atoms with Crippen molar-refractivity contribution >= 4 is 22.3 Å². The Morgan fingerprint density at radius 2 is 1.97 bits per heavy atom. The average Bonchev–Trinajstić information content (AvgIpc) is 3.45. The number of nitrogens with one attached hydrogen (secondary N) is 2. The molecule has 0 radical (unpaired) electrons. The molecule has 160 valence electrons. The zero-order chi connectivity index (χ0) is 20.7. The Morgan fingerprint density at radius 1 is 1.23 bits per heavy atom. The molecule has 0 saturated heterocycles. The normalized spacial score (nSPS) is 20.8. The van der Waals surface area contributed by atoms with Gasteiger partial charge in [-0.05, 0) is 79.1 Å². The van der Waals surface area contributed by atoms with E-state index in [1.54, 1.807) is 4.68 Å². The van der Waals surface area contributed by atoms with Gasteiger partial charge in [0, 0.05) is 24.5 Å². The van der Waals surface area contributed by atoms with Crippen LogP contribution < -0.4 is 15.4 Å². The molecular formula is C21H26N5O3S-. The minimum Gasteiger partial charge on any atom is -0.477 e. The largest absolute Gasteiger partial charge is 0.477 e. The summed E-state index contributed by atoms with van der Waals surface area (Å²) in [5.74, 6) is 0.434. The summed E-state index contributed by atoms with van der Waals surface area (Å²) in [6, 6.07) is 1.94. The highest BCUT2D eigenvalue weighted by Crippen LogP contribution is 2.38. The molecule has 3 aliphatic rings. The number of anilines is 1. The first-order chi connectivity index (χ1) is 14.6. The Labute approximate surface area is 177 Å². The maximum Gasteiger partial charge on any atom is 0.322 e. The number of ether oxygens (including phenoxy) is 1. The van der Waals surface area contributed by atoms with Crippen molar-refractivity contribution in [3.63, 3.8) is 0 Å². The third-order valence-corrected chi connectivity index (χ3v) is 7.33. The van der Waals surface area contributed by atoms with Crippen molar-refractivity contribution in [3.05, 3.63) is 34.5 Å². The Hall–Kier alpha value is -2.39. The van der Waals surface area contributed by atoms with E-state index in [9.17, 15) is 9.00 Å². The van der Waals surface area contributed by atoms with Gasteiger partial charge in [0.05, 0.1) is 0 Å². The molecule has 0 saturated carbocycles. The third kappa shape index (κ3) is 3.50. The van der Waals surface area contributed by atoms with E-state index in [4.69, 9.17) is 4.74 Å². The number of hydrogen-bond acceptors (Lipinski definition) is 6. The number of nitrogens with zero attached hydrogens (tertiary/aromatic N) is 3. The van der Waals surface area contributed by atoms with Crippen LogP contribution in [0.15, 0.2) is 21.5 Å². The molecule has 0 bridgehead atoms. The van der Waals surface area contributed by atoms with Gasteiger partial charge in [-0.2, -0.15) is 5.10 Å². The number of rotatable bonds is 3. The molecule has 5 rings (SSSR count). The van der Waals surface area contributed by atoms with Gasteiger partial charge in [0.1, 0.15) is 6.61 Å². The van der Waals surface area contributed by atoms with Crippen molar-refractivity contribution in [1.82, 2.24) is 15.1 Å². The van der Waals surface area contributed by atoms with Crippen molar-refractivity contribution in [2.75, 3.05) is 19.0 Å². The van der Waals surface area contributed by atoms with Gasteiger partial charge in [0.25, 0.3) is 0 Å². The maximum atomic E-state index is 12.8. The van der Waals surface area contributed by atoms with E-state index in [0.717, 1.165) is 50.6 Å². The van der Waals surface area contributed by atoms with Gasteiger partial charge in [-0.15, -0.1) is 10.6 Å². The Balaban J connectivity index is 1.40. The molecule has 2 aromatic rings. The van der Waals surface area contributed by atoms with Crippen molar-refractivity contribution in [1.29, 1.82) is 0 Å². The summed E-state index contributed by atoms with van der Waals surface area (Å²) < 4.78 is 24.3. The highest BCUT2D eigenvalue weighted by Gasteiger charge is 2.24. The van der Waals surface area contributed by atoms with Crippen LogP contribution >= 0.6 is 0 Å². The minimum absolute atomic E-state index is 0.204. The number of urea groups is 1. The zero-order valence-corrected chi connectivity index (χ0v) is 17.9. The minimum atomic E-state index is -1.88. The average molecular weight is 429 g/mol. The summed E-state index contributed by atoms with van der Waals surface area (Å²) in [4.78, 5) is 13.0. The van der Waals surface area contributed by atoms with E-state index in [2.05, 4.69) is 26.2 Å². The van der Waals surface area contributed by atoms with Crippen molar-refractivity contribution in [2.24, 2.45) is 4.36 Å². The monoisotopic (exact) mass is 428 g/mol. The van der Waals surface area contributed by atoms with E-state index < -0.39 is 16.6 Å². The van der Waals surface area contributed by atoms with Crippen LogP contribution in [0.2, 0.25) is 0 Å². The zero-order valence-electron chi connectivity index (χ0n) is 17.1. The molecule has 1 aliphatic heterocycles. The molecule has 8 nitrogen and oxygen atoms in total. The van der Waals surface area contributed by atoms with Crippen molar-refractivity contribution in [2.45, 2.75) is 62.4 Å². The second kappa shape index (κ2) is 8.03. The smallest absolute Gasteiger partial charge is 0.322 e. The molecule has 30 heavy (non-hydrogen) atoms. The summed E-state index contributed by atoms with van der Waals surface area (Å²) in [7, 11) is 0.00810. The molecule has 1 aromatic carbocycles. The lowest BCUT2D eigenvalue weighted by atomic mass is 9.99. The second-order valence-electron chi connectivity index (χ2n) is 8.13. The van der Waals surface area contributed by atoms with Gasteiger partial charge in [-0.3, -0.25) is 0 Å². The standard InChI is InChI=1S/C21H26N5O3S/c1-22-15-8-9-26-20(29-12-15)18(11-23-26)30(28)25-21(27)24-19-16-6-2-4-13(16)10-14-5-3-7-17(14)19/h10-11,15,22H,2-9,12H2,1H3,(H,24,27)/q-1/t15-/m1/s1. The number of hydrogen-bond donors (Lipinski definition) is 2. The first-order valence-corrected chi connectivity index (χ1v) is 11.7.